The van der Waals surface area contributed by atoms with Crippen molar-refractivity contribution in [3.63, 3.8) is 0 Å². The molecule has 0 spiro atoms. The first-order valence-corrected chi connectivity index (χ1v) is 12.5. The molecule has 2 saturated carbocycles. The summed E-state index contributed by atoms with van der Waals surface area (Å²) in [5.41, 5.74) is 4.10. The summed E-state index contributed by atoms with van der Waals surface area (Å²) in [6, 6.07) is 2.04. The third kappa shape index (κ3) is 4.20. The Morgan fingerprint density at radius 1 is 1.16 bits per heavy atom. The van der Waals surface area contributed by atoms with Crippen molar-refractivity contribution in [2.75, 3.05) is 20.6 Å². The van der Waals surface area contributed by atoms with Gasteiger partial charge in [-0.25, -0.2) is 0 Å². The summed E-state index contributed by atoms with van der Waals surface area (Å²) in [5.74, 6) is -10.3. The van der Waals surface area contributed by atoms with Gasteiger partial charge in [-0.1, -0.05) is 26.8 Å². The molecule has 200 valence electrons. The second kappa shape index (κ2) is 9.11. The van der Waals surface area contributed by atoms with Crippen molar-refractivity contribution < 1.29 is 34.2 Å². The maximum absolute atomic E-state index is 13.8. The Morgan fingerprint density at radius 3 is 2.38 bits per heavy atom. The molecular formula is C27H35N3O7. The van der Waals surface area contributed by atoms with Gasteiger partial charge in [0.25, 0.3) is 0 Å². The van der Waals surface area contributed by atoms with Gasteiger partial charge in [-0.2, -0.15) is 0 Å². The Balaban J connectivity index is 1.78. The number of phenols is 1. The number of nitrogens with two attached hydrogens (primary N) is 1. The van der Waals surface area contributed by atoms with Crippen LogP contribution in [-0.2, 0) is 32.1 Å². The lowest BCUT2D eigenvalue weighted by molar-refractivity contribution is -0.181. The van der Waals surface area contributed by atoms with Crippen molar-refractivity contribution in [3.8, 4) is 5.75 Å². The number of ketones is 4. The topological polar surface area (TPSA) is 167 Å². The van der Waals surface area contributed by atoms with Gasteiger partial charge in [-0.15, -0.1) is 0 Å². The Labute approximate surface area is 215 Å². The largest absolute Gasteiger partial charge is 0.507 e. The highest BCUT2D eigenvalue weighted by atomic mass is 16.3. The lowest BCUT2D eigenvalue weighted by Crippen LogP contribution is -2.74. The average molecular weight is 514 g/mol. The molecule has 10 nitrogen and oxygen atoms in total. The number of aromatic hydroxyl groups is 1. The number of carbonyl (C=O) groups is 5. The normalized spacial score (nSPS) is 31.7. The van der Waals surface area contributed by atoms with Crippen LogP contribution in [-0.4, -0.2) is 76.4 Å². The SMILES string of the molecule is CN(C)C1C(=O)C(C(N)=O)C(=O)[C@@]2(O)C(=O)C3C(=O)c4c(O)ccc(CNCC(C)(C)C)c4C[C@H]3C[C@@H]12. The van der Waals surface area contributed by atoms with E-state index in [-0.39, 0.29) is 29.6 Å². The zero-order valence-electron chi connectivity index (χ0n) is 21.8. The number of likely N-dealkylation sites (N-methyl/N-ethyl adjacent to an activating group) is 1. The minimum absolute atomic E-state index is 0.0154. The summed E-state index contributed by atoms with van der Waals surface area (Å²) in [6.07, 6.45) is 0.293. The monoisotopic (exact) mass is 513 g/mol. The third-order valence-corrected chi connectivity index (χ3v) is 8.01. The van der Waals surface area contributed by atoms with Crippen LogP contribution < -0.4 is 11.1 Å². The first-order valence-electron chi connectivity index (χ1n) is 12.5. The number of Topliss-reactive ketones (excluding diaryl/α,β-unsaturated/α-hetero) is 4. The molecule has 3 aliphatic carbocycles. The van der Waals surface area contributed by atoms with Gasteiger partial charge < -0.3 is 21.3 Å². The van der Waals surface area contributed by atoms with Crippen molar-refractivity contribution in [2.24, 2.45) is 34.8 Å². The van der Waals surface area contributed by atoms with E-state index in [0.29, 0.717) is 18.7 Å². The van der Waals surface area contributed by atoms with Crippen LogP contribution in [0.25, 0.3) is 0 Å². The molecule has 1 aromatic carbocycles. The molecule has 5 N–H and O–H groups in total. The number of rotatable bonds is 5. The Kier molecular flexibility index (Phi) is 6.67. The number of benzene rings is 1. The second-order valence-electron chi connectivity index (χ2n) is 12.1. The summed E-state index contributed by atoms with van der Waals surface area (Å²) >= 11 is 0. The number of carbonyl (C=O) groups excluding carboxylic acids is 5. The molecule has 0 saturated heterocycles. The third-order valence-electron chi connectivity index (χ3n) is 8.01. The number of nitrogens with one attached hydrogen (secondary N) is 1. The molecule has 0 heterocycles. The fourth-order valence-electron chi connectivity index (χ4n) is 6.41. The van der Waals surface area contributed by atoms with E-state index in [1.165, 1.54) is 11.0 Å². The van der Waals surface area contributed by atoms with Gasteiger partial charge in [0.2, 0.25) is 5.91 Å². The molecule has 0 aromatic heterocycles. The van der Waals surface area contributed by atoms with Gasteiger partial charge >= 0.3 is 0 Å². The summed E-state index contributed by atoms with van der Waals surface area (Å²) < 4.78 is 0. The highest BCUT2D eigenvalue weighted by Gasteiger charge is 2.69. The maximum atomic E-state index is 13.8. The minimum atomic E-state index is -2.71. The molecule has 10 heteroatoms. The molecule has 2 fully saturated rings. The van der Waals surface area contributed by atoms with Crippen LogP contribution in [0.5, 0.6) is 5.75 Å². The predicted molar refractivity (Wildman–Crippen MR) is 133 cm³/mol. The van der Waals surface area contributed by atoms with E-state index in [4.69, 9.17) is 5.73 Å². The summed E-state index contributed by atoms with van der Waals surface area (Å²) in [7, 11) is 3.12. The standard InChI is InChI=1S/C27H35N3O7/c1-26(2,3)11-29-10-12-6-7-16(31)18-14(12)8-13-9-15-20(30(4)5)22(33)19(25(28)36)24(35)27(15,37)23(34)17(13)21(18)32/h6-7,13,15,17,19-20,29,31,37H,8-11H2,1-5H3,(H2,28,36)/t13-,15-,17?,19?,20?,27-/m0/s1. The number of amides is 1. The first kappa shape index (κ1) is 27.1. The highest BCUT2D eigenvalue weighted by Crippen LogP contribution is 2.51. The van der Waals surface area contributed by atoms with Crippen molar-refractivity contribution in [1.82, 2.24) is 10.2 Å². The number of hydrogen-bond acceptors (Lipinski definition) is 9. The highest BCUT2D eigenvalue weighted by molar-refractivity contribution is 6.32. The van der Waals surface area contributed by atoms with Gasteiger partial charge in [0, 0.05) is 19.0 Å². The molecule has 0 aliphatic heterocycles. The Bertz CT molecular complexity index is 1200. The fraction of sp³-hybridized carbons (Fsp3) is 0.593. The molecule has 6 atom stereocenters. The van der Waals surface area contributed by atoms with Crippen LogP contribution >= 0.6 is 0 Å². The first-order chi connectivity index (χ1) is 17.1. The second-order valence-corrected chi connectivity index (χ2v) is 12.1. The van der Waals surface area contributed by atoms with E-state index < -0.39 is 64.4 Å². The molecule has 4 rings (SSSR count). The van der Waals surface area contributed by atoms with Crippen LogP contribution in [0.4, 0.5) is 0 Å². The molecule has 37 heavy (non-hydrogen) atoms. The molecule has 3 unspecified atom stereocenters. The van der Waals surface area contributed by atoms with Crippen molar-refractivity contribution in [2.45, 2.75) is 51.8 Å². The van der Waals surface area contributed by atoms with Crippen LogP contribution in [0.15, 0.2) is 12.1 Å². The van der Waals surface area contributed by atoms with Crippen LogP contribution in [0.3, 0.4) is 0 Å². The number of nitrogens with zero attached hydrogens (tertiary/aromatic N) is 1. The van der Waals surface area contributed by atoms with Crippen LogP contribution in [0, 0.1) is 29.1 Å². The van der Waals surface area contributed by atoms with Crippen molar-refractivity contribution in [3.05, 3.63) is 28.8 Å². The molecule has 0 bridgehead atoms. The minimum Gasteiger partial charge on any atom is -0.507 e. The quantitative estimate of drug-likeness (QED) is 0.396. The van der Waals surface area contributed by atoms with Crippen molar-refractivity contribution >= 4 is 29.0 Å². The maximum Gasteiger partial charge on any atom is 0.235 e. The van der Waals surface area contributed by atoms with E-state index in [2.05, 4.69) is 26.1 Å². The number of phenolic OH excluding ortho intramolecular Hbond substituents is 1. The smallest absolute Gasteiger partial charge is 0.235 e. The van der Waals surface area contributed by atoms with Gasteiger partial charge in [-0.05, 0) is 55.5 Å². The molecule has 1 aromatic rings. The lowest BCUT2D eigenvalue weighted by atomic mass is 9.52. The summed E-state index contributed by atoms with van der Waals surface area (Å²) in [5, 5.41) is 25.6. The average Bonchev–Trinajstić information content (AvgIpc) is 2.76. The van der Waals surface area contributed by atoms with E-state index >= 15 is 0 Å². The van der Waals surface area contributed by atoms with Gasteiger partial charge in [0.05, 0.1) is 17.5 Å². The molecule has 1 amide bonds. The summed E-state index contributed by atoms with van der Waals surface area (Å²) in [4.78, 5) is 67.4. The van der Waals surface area contributed by atoms with Crippen LogP contribution in [0.2, 0.25) is 0 Å². The van der Waals surface area contributed by atoms with E-state index in [1.54, 1.807) is 20.2 Å². The molecular weight excluding hydrogens is 478 g/mol. The number of fused-ring (bicyclic) bond motifs is 3. The van der Waals surface area contributed by atoms with Crippen molar-refractivity contribution in [1.29, 1.82) is 0 Å². The number of aliphatic hydroxyl groups is 1. The zero-order chi connectivity index (χ0) is 27.6. The van der Waals surface area contributed by atoms with Crippen LogP contribution in [0.1, 0.15) is 48.7 Å². The number of primary amides is 1. The van der Waals surface area contributed by atoms with E-state index in [9.17, 15) is 34.2 Å². The number of hydrogen-bond donors (Lipinski definition) is 4. The van der Waals surface area contributed by atoms with E-state index in [1.807, 2.05) is 0 Å². The zero-order valence-corrected chi connectivity index (χ0v) is 21.8. The predicted octanol–water partition coefficient (Wildman–Crippen LogP) is 0.00270. The Hall–Kier alpha value is -2.95. The molecule has 3 aliphatic rings. The van der Waals surface area contributed by atoms with Gasteiger partial charge in [-0.3, -0.25) is 28.9 Å². The lowest BCUT2D eigenvalue weighted by Gasteiger charge is -2.52. The fourth-order valence-corrected chi connectivity index (χ4v) is 6.41. The summed E-state index contributed by atoms with van der Waals surface area (Å²) in [6.45, 7) is 7.43. The van der Waals surface area contributed by atoms with Gasteiger partial charge in [0.15, 0.2) is 34.7 Å². The van der Waals surface area contributed by atoms with E-state index in [0.717, 1.165) is 5.56 Å². The molecule has 0 radical (unpaired) electrons. The van der Waals surface area contributed by atoms with Gasteiger partial charge in [0.1, 0.15) is 5.75 Å². The Morgan fingerprint density at radius 2 is 1.81 bits per heavy atom.